The van der Waals surface area contributed by atoms with Crippen molar-refractivity contribution in [2.45, 2.75) is 26.3 Å². The highest BCUT2D eigenvalue weighted by atomic mass is 32.2. The maximum atomic E-state index is 11.3. The van der Waals surface area contributed by atoms with Crippen LogP contribution < -0.4 is 5.32 Å². The van der Waals surface area contributed by atoms with Gasteiger partial charge in [-0.25, -0.2) is 0 Å². The summed E-state index contributed by atoms with van der Waals surface area (Å²) < 4.78 is 4.73. The van der Waals surface area contributed by atoms with Crippen LogP contribution in [0.1, 0.15) is 20.3 Å². The van der Waals surface area contributed by atoms with Gasteiger partial charge in [0.1, 0.15) is 6.04 Å². The Morgan fingerprint density at radius 3 is 2.57 bits per heavy atom. The number of carbonyl (C=O) groups is 1. The fourth-order valence-electron chi connectivity index (χ4n) is 1.06. The molecule has 1 N–H and O–H groups in total. The summed E-state index contributed by atoms with van der Waals surface area (Å²) in [6.45, 7) is 5.10. The standard InChI is InChI=1S/C10H21NO2S/c1-8(2)7-11-9(5-6-14-4)10(12)13-3/h8-9,11H,5-7H2,1-4H3. The average molecular weight is 219 g/mol. The topological polar surface area (TPSA) is 38.3 Å². The van der Waals surface area contributed by atoms with Gasteiger partial charge in [0.15, 0.2) is 0 Å². The zero-order valence-corrected chi connectivity index (χ0v) is 10.3. The molecule has 0 aliphatic heterocycles. The third kappa shape index (κ3) is 6.27. The molecule has 0 saturated carbocycles. The molecule has 0 aliphatic rings. The van der Waals surface area contributed by atoms with Crippen molar-refractivity contribution in [3.05, 3.63) is 0 Å². The summed E-state index contributed by atoms with van der Waals surface area (Å²) >= 11 is 1.74. The van der Waals surface area contributed by atoms with E-state index >= 15 is 0 Å². The van der Waals surface area contributed by atoms with Crippen LogP contribution in [0.2, 0.25) is 0 Å². The summed E-state index contributed by atoms with van der Waals surface area (Å²) in [7, 11) is 1.44. The van der Waals surface area contributed by atoms with Crippen molar-refractivity contribution >= 4 is 17.7 Å². The minimum absolute atomic E-state index is 0.144. The van der Waals surface area contributed by atoms with Gasteiger partial charge in [0.25, 0.3) is 0 Å². The molecular weight excluding hydrogens is 198 g/mol. The number of ether oxygens (including phenoxy) is 1. The fourth-order valence-corrected chi connectivity index (χ4v) is 1.53. The first kappa shape index (κ1) is 13.8. The molecule has 0 rings (SSSR count). The zero-order chi connectivity index (χ0) is 11.0. The predicted molar refractivity (Wildman–Crippen MR) is 61.6 cm³/mol. The third-order valence-corrected chi connectivity index (χ3v) is 2.51. The molecule has 0 fully saturated rings. The van der Waals surface area contributed by atoms with Crippen molar-refractivity contribution in [2.24, 2.45) is 5.92 Å². The summed E-state index contributed by atoms with van der Waals surface area (Å²) in [6.07, 6.45) is 2.87. The molecule has 14 heavy (non-hydrogen) atoms. The largest absolute Gasteiger partial charge is 0.468 e. The number of hydrogen-bond acceptors (Lipinski definition) is 4. The van der Waals surface area contributed by atoms with Gasteiger partial charge in [-0.1, -0.05) is 13.8 Å². The monoisotopic (exact) mass is 219 g/mol. The number of thioether (sulfide) groups is 1. The molecule has 1 unspecified atom stereocenters. The van der Waals surface area contributed by atoms with Crippen molar-refractivity contribution in [1.82, 2.24) is 5.32 Å². The first-order valence-electron chi connectivity index (χ1n) is 4.92. The van der Waals surface area contributed by atoms with Crippen molar-refractivity contribution < 1.29 is 9.53 Å². The molecule has 0 aromatic carbocycles. The van der Waals surface area contributed by atoms with E-state index in [0.29, 0.717) is 5.92 Å². The number of methoxy groups -OCH3 is 1. The van der Waals surface area contributed by atoms with E-state index in [2.05, 4.69) is 19.2 Å². The molecule has 4 heteroatoms. The van der Waals surface area contributed by atoms with Gasteiger partial charge in [0.2, 0.25) is 0 Å². The van der Waals surface area contributed by atoms with Crippen LogP contribution in [0.3, 0.4) is 0 Å². The first-order chi connectivity index (χ1) is 6.61. The lowest BCUT2D eigenvalue weighted by Gasteiger charge is -2.17. The van der Waals surface area contributed by atoms with Crippen LogP contribution in [0, 0.1) is 5.92 Å². The summed E-state index contributed by atoms with van der Waals surface area (Å²) in [4.78, 5) is 11.3. The fraction of sp³-hybridized carbons (Fsp3) is 0.900. The lowest BCUT2D eigenvalue weighted by atomic mass is 10.2. The minimum atomic E-state index is -0.153. The van der Waals surface area contributed by atoms with E-state index in [0.717, 1.165) is 18.7 Å². The molecule has 1 atom stereocenters. The number of carbonyl (C=O) groups excluding carboxylic acids is 1. The molecule has 3 nitrogen and oxygen atoms in total. The molecular formula is C10H21NO2S. The van der Waals surface area contributed by atoms with Gasteiger partial charge in [-0.3, -0.25) is 4.79 Å². The number of nitrogens with one attached hydrogen (secondary N) is 1. The molecule has 0 aromatic heterocycles. The SMILES string of the molecule is COC(=O)C(CCSC)NCC(C)C. The minimum Gasteiger partial charge on any atom is -0.468 e. The maximum absolute atomic E-state index is 11.3. The third-order valence-electron chi connectivity index (χ3n) is 1.87. The highest BCUT2D eigenvalue weighted by Gasteiger charge is 2.17. The van der Waals surface area contributed by atoms with E-state index in [9.17, 15) is 4.79 Å². The quantitative estimate of drug-likeness (QED) is 0.659. The van der Waals surface area contributed by atoms with Crippen LogP contribution in [0.5, 0.6) is 0 Å². The summed E-state index contributed by atoms with van der Waals surface area (Å²) in [5, 5.41) is 3.22. The van der Waals surface area contributed by atoms with E-state index in [1.54, 1.807) is 11.8 Å². The average Bonchev–Trinajstić information content (AvgIpc) is 2.16. The smallest absolute Gasteiger partial charge is 0.322 e. The van der Waals surface area contributed by atoms with E-state index in [1.807, 2.05) is 6.26 Å². The van der Waals surface area contributed by atoms with Gasteiger partial charge in [0, 0.05) is 0 Å². The molecule has 0 bridgehead atoms. The number of rotatable bonds is 7. The Bertz CT molecular complexity index is 162. The predicted octanol–water partition coefficient (Wildman–Crippen LogP) is 1.53. The van der Waals surface area contributed by atoms with Crippen LogP contribution >= 0.6 is 11.8 Å². The van der Waals surface area contributed by atoms with Crippen LogP contribution in [-0.2, 0) is 9.53 Å². The lowest BCUT2D eigenvalue weighted by Crippen LogP contribution is -2.39. The highest BCUT2D eigenvalue weighted by Crippen LogP contribution is 2.03. The van der Waals surface area contributed by atoms with Gasteiger partial charge < -0.3 is 10.1 Å². The summed E-state index contributed by atoms with van der Waals surface area (Å²) in [5.74, 6) is 1.38. The Kier molecular flexibility index (Phi) is 7.99. The normalized spacial score (nSPS) is 12.9. The van der Waals surface area contributed by atoms with Gasteiger partial charge >= 0.3 is 5.97 Å². The molecule has 84 valence electrons. The van der Waals surface area contributed by atoms with Crippen LogP contribution in [-0.4, -0.2) is 37.7 Å². The zero-order valence-electron chi connectivity index (χ0n) is 9.50. The van der Waals surface area contributed by atoms with Crippen molar-refractivity contribution in [3.8, 4) is 0 Å². The molecule has 0 spiro atoms. The molecule has 0 amide bonds. The summed E-state index contributed by atoms with van der Waals surface area (Å²) in [5.41, 5.74) is 0. The molecule has 0 radical (unpaired) electrons. The Morgan fingerprint density at radius 2 is 2.14 bits per heavy atom. The second-order valence-corrected chi connectivity index (χ2v) is 4.64. The molecule has 0 aromatic rings. The number of esters is 1. The molecule has 0 aliphatic carbocycles. The van der Waals surface area contributed by atoms with Gasteiger partial charge in [-0.2, -0.15) is 11.8 Å². The van der Waals surface area contributed by atoms with E-state index in [-0.39, 0.29) is 12.0 Å². The highest BCUT2D eigenvalue weighted by molar-refractivity contribution is 7.98. The van der Waals surface area contributed by atoms with E-state index < -0.39 is 0 Å². The Balaban J connectivity index is 3.90. The van der Waals surface area contributed by atoms with Crippen LogP contribution in [0.4, 0.5) is 0 Å². The van der Waals surface area contributed by atoms with Crippen molar-refractivity contribution in [1.29, 1.82) is 0 Å². The van der Waals surface area contributed by atoms with E-state index in [4.69, 9.17) is 4.74 Å². The van der Waals surface area contributed by atoms with Crippen LogP contribution in [0.15, 0.2) is 0 Å². The molecule has 0 saturated heterocycles. The Morgan fingerprint density at radius 1 is 1.50 bits per heavy atom. The van der Waals surface area contributed by atoms with Gasteiger partial charge in [-0.15, -0.1) is 0 Å². The second-order valence-electron chi connectivity index (χ2n) is 3.66. The maximum Gasteiger partial charge on any atom is 0.322 e. The van der Waals surface area contributed by atoms with Gasteiger partial charge in [-0.05, 0) is 30.9 Å². The molecule has 0 heterocycles. The Hall–Kier alpha value is -0.220. The number of hydrogen-bond donors (Lipinski definition) is 1. The van der Waals surface area contributed by atoms with Crippen LogP contribution in [0.25, 0.3) is 0 Å². The van der Waals surface area contributed by atoms with Crippen molar-refractivity contribution in [3.63, 3.8) is 0 Å². The van der Waals surface area contributed by atoms with E-state index in [1.165, 1.54) is 7.11 Å². The van der Waals surface area contributed by atoms with Gasteiger partial charge in [0.05, 0.1) is 7.11 Å². The first-order valence-corrected chi connectivity index (χ1v) is 6.31. The second kappa shape index (κ2) is 8.12. The lowest BCUT2D eigenvalue weighted by molar-refractivity contribution is -0.143. The Labute approximate surface area is 91.0 Å². The van der Waals surface area contributed by atoms with Crippen molar-refractivity contribution in [2.75, 3.05) is 25.7 Å². The summed E-state index contributed by atoms with van der Waals surface area (Å²) in [6, 6.07) is -0.144.